The van der Waals surface area contributed by atoms with Gasteiger partial charge < -0.3 is 4.74 Å². The molecule has 0 N–H and O–H groups in total. The van der Waals surface area contributed by atoms with Gasteiger partial charge in [0.25, 0.3) is 0 Å². The molecule has 0 aromatic carbocycles. The van der Waals surface area contributed by atoms with Gasteiger partial charge in [0.05, 0.1) is 0 Å². The second-order valence-corrected chi connectivity index (χ2v) is 10.8. The Labute approximate surface area is 162 Å². The Hall–Kier alpha value is -1.12. The molecule has 0 amide bonds. The van der Waals surface area contributed by atoms with E-state index in [1.807, 2.05) is 0 Å². The molecule has 4 saturated carbocycles. The number of esters is 1. The van der Waals surface area contributed by atoms with Crippen molar-refractivity contribution in [3.63, 3.8) is 0 Å². The minimum Gasteiger partial charge on any atom is -0.458 e. The highest BCUT2D eigenvalue weighted by Gasteiger charge is 2.72. The zero-order valence-electron chi connectivity index (χ0n) is 16.8. The third-order valence-corrected chi connectivity index (χ3v) is 10.4. The SMILES string of the molecule is CC[C@]12CCC3[C@@H](C4C[C@@H]4C4=CC(=O)CC[C@@]43C)C1CC[C@@]21CCC(=O)O1. The zero-order valence-corrected chi connectivity index (χ0v) is 16.8. The summed E-state index contributed by atoms with van der Waals surface area (Å²) in [5.41, 5.74) is 1.83. The van der Waals surface area contributed by atoms with Gasteiger partial charge in [0, 0.05) is 18.3 Å². The molecule has 146 valence electrons. The molecule has 0 aromatic rings. The molecule has 0 aromatic heterocycles. The van der Waals surface area contributed by atoms with Crippen LogP contribution in [0.25, 0.3) is 0 Å². The van der Waals surface area contributed by atoms with Crippen LogP contribution in [0.15, 0.2) is 11.6 Å². The molecule has 27 heavy (non-hydrogen) atoms. The Balaban J connectivity index is 1.42. The maximum absolute atomic E-state index is 12.1. The fraction of sp³-hybridized carbons (Fsp3) is 0.833. The smallest absolute Gasteiger partial charge is 0.306 e. The van der Waals surface area contributed by atoms with E-state index in [-0.39, 0.29) is 22.4 Å². The van der Waals surface area contributed by atoms with Crippen LogP contribution in [0, 0.1) is 40.4 Å². The predicted molar refractivity (Wildman–Crippen MR) is 102 cm³/mol. The number of rotatable bonds is 1. The summed E-state index contributed by atoms with van der Waals surface area (Å²) < 4.78 is 6.15. The van der Waals surface area contributed by atoms with Crippen LogP contribution in [0.5, 0.6) is 0 Å². The van der Waals surface area contributed by atoms with E-state index in [0.29, 0.717) is 18.1 Å². The highest BCUT2D eigenvalue weighted by molar-refractivity contribution is 5.92. The first-order chi connectivity index (χ1) is 12.9. The van der Waals surface area contributed by atoms with E-state index < -0.39 is 0 Å². The van der Waals surface area contributed by atoms with Crippen molar-refractivity contribution in [2.75, 3.05) is 0 Å². The summed E-state index contributed by atoms with van der Waals surface area (Å²) in [6.07, 6.45) is 12.7. The molecule has 6 aliphatic rings. The number of fused-ring (bicyclic) bond motifs is 9. The summed E-state index contributed by atoms with van der Waals surface area (Å²) in [7, 11) is 0. The van der Waals surface area contributed by atoms with Crippen molar-refractivity contribution < 1.29 is 14.3 Å². The predicted octanol–water partition coefficient (Wildman–Crippen LogP) is 4.84. The quantitative estimate of drug-likeness (QED) is 0.622. The molecule has 3 nitrogen and oxygen atoms in total. The minimum absolute atomic E-state index is 0.0431. The van der Waals surface area contributed by atoms with Gasteiger partial charge in [-0.3, -0.25) is 9.59 Å². The van der Waals surface area contributed by atoms with Gasteiger partial charge in [-0.05, 0) is 92.4 Å². The largest absolute Gasteiger partial charge is 0.458 e. The molecule has 1 heterocycles. The Bertz CT molecular complexity index is 768. The van der Waals surface area contributed by atoms with E-state index in [2.05, 4.69) is 19.9 Å². The second kappa shape index (κ2) is 5.07. The Morgan fingerprint density at radius 1 is 1.07 bits per heavy atom. The Morgan fingerprint density at radius 2 is 1.89 bits per heavy atom. The topological polar surface area (TPSA) is 43.4 Å². The first kappa shape index (κ1) is 16.8. The van der Waals surface area contributed by atoms with Crippen LogP contribution < -0.4 is 0 Å². The van der Waals surface area contributed by atoms with Gasteiger partial charge in [-0.15, -0.1) is 0 Å². The van der Waals surface area contributed by atoms with E-state index in [1.54, 1.807) is 0 Å². The standard InChI is InChI=1S/C24H32O3/c1-3-23-9-5-17-21(18(23)6-10-24(23)11-7-20(26)27-24)16-13-15(16)19-12-14(25)4-8-22(17,19)2/h12,15-18,21H,3-11,13H2,1-2H3/t15-,16?,17?,18?,21+,22+,23-,24+/m0/s1. The van der Waals surface area contributed by atoms with Crippen LogP contribution in [0.4, 0.5) is 0 Å². The molecule has 8 atom stereocenters. The molecule has 5 aliphatic carbocycles. The van der Waals surface area contributed by atoms with Crippen molar-refractivity contribution in [1.82, 2.24) is 0 Å². The molecular formula is C24H32O3. The number of ketones is 1. The molecule has 1 spiro atoms. The molecular weight excluding hydrogens is 336 g/mol. The van der Waals surface area contributed by atoms with E-state index in [0.717, 1.165) is 55.8 Å². The monoisotopic (exact) mass is 368 g/mol. The van der Waals surface area contributed by atoms with Crippen LogP contribution in [0.3, 0.4) is 0 Å². The molecule has 0 radical (unpaired) electrons. The molecule has 1 aliphatic heterocycles. The second-order valence-electron chi connectivity index (χ2n) is 10.8. The normalized spacial score (nSPS) is 55.3. The number of carbonyl (C=O) groups is 2. The van der Waals surface area contributed by atoms with Gasteiger partial charge in [-0.2, -0.15) is 0 Å². The average molecular weight is 369 g/mol. The number of ether oxygens (including phenoxy) is 1. The van der Waals surface area contributed by atoms with E-state index in [9.17, 15) is 9.59 Å². The lowest BCUT2D eigenvalue weighted by atomic mass is 9.45. The van der Waals surface area contributed by atoms with Gasteiger partial charge in [0.2, 0.25) is 0 Å². The van der Waals surface area contributed by atoms with Crippen molar-refractivity contribution in [1.29, 1.82) is 0 Å². The van der Waals surface area contributed by atoms with Crippen LogP contribution in [0.1, 0.15) is 78.1 Å². The first-order valence-corrected chi connectivity index (χ1v) is 11.4. The van der Waals surface area contributed by atoms with Gasteiger partial charge in [0.1, 0.15) is 5.60 Å². The maximum Gasteiger partial charge on any atom is 0.306 e. The third kappa shape index (κ3) is 1.85. The van der Waals surface area contributed by atoms with Gasteiger partial charge in [-0.25, -0.2) is 0 Å². The lowest BCUT2D eigenvalue weighted by Gasteiger charge is -2.59. The fourth-order valence-electron chi connectivity index (χ4n) is 9.23. The summed E-state index contributed by atoms with van der Waals surface area (Å²) in [6.45, 7) is 4.84. The summed E-state index contributed by atoms with van der Waals surface area (Å²) >= 11 is 0. The highest BCUT2D eigenvalue weighted by Crippen LogP contribution is 2.76. The minimum atomic E-state index is -0.154. The van der Waals surface area contributed by atoms with Crippen LogP contribution in [0.2, 0.25) is 0 Å². The number of carbonyl (C=O) groups excluding carboxylic acids is 2. The van der Waals surface area contributed by atoms with E-state index in [4.69, 9.17) is 4.74 Å². The van der Waals surface area contributed by atoms with Crippen LogP contribution in [-0.2, 0) is 14.3 Å². The maximum atomic E-state index is 12.1. The molecule has 3 heteroatoms. The summed E-state index contributed by atoms with van der Waals surface area (Å²) in [5, 5.41) is 0. The first-order valence-electron chi connectivity index (χ1n) is 11.4. The molecule has 3 unspecified atom stereocenters. The summed E-state index contributed by atoms with van der Waals surface area (Å²) in [4.78, 5) is 24.2. The van der Waals surface area contributed by atoms with Crippen molar-refractivity contribution in [3.8, 4) is 0 Å². The zero-order chi connectivity index (χ0) is 18.6. The number of hydrogen-bond acceptors (Lipinski definition) is 3. The molecule has 1 saturated heterocycles. The molecule has 6 rings (SSSR count). The summed E-state index contributed by atoms with van der Waals surface area (Å²) in [6, 6.07) is 0. The Morgan fingerprint density at radius 3 is 2.63 bits per heavy atom. The molecule has 0 bridgehead atoms. The summed E-state index contributed by atoms with van der Waals surface area (Å²) in [5.74, 6) is 4.12. The van der Waals surface area contributed by atoms with Gasteiger partial charge in [0.15, 0.2) is 5.78 Å². The van der Waals surface area contributed by atoms with Crippen LogP contribution >= 0.6 is 0 Å². The highest BCUT2D eigenvalue weighted by atomic mass is 16.6. The van der Waals surface area contributed by atoms with E-state index >= 15 is 0 Å². The van der Waals surface area contributed by atoms with Crippen molar-refractivity contribution in [2.45, 2.75) is 83.7 Å². The third-order valence-electron chi connectivity index (χ3n) is 10.4. The number of hydrogen-bond donors (Lipinski definition) is 0. The van der Waals surface area contributed by atoms with Crippen LogP contribution in [-0.4, -0.2) is 17.4 Å². The average Bonchev–Trinajstić information content (AvgIpc) is 3.27. The van der Waals surface area contributed by atoms with Crippen molar-refractivity contribution >= 4 is 11.8 Å². The molecule has 5 fully saturated rings. The Kier molecular flexibility index (Phi) is 3.16. The lowest BCUT2D eigenvalue weighted by Crippen LogP contribution is -2.56. The van der Waals surface area contributed by atoms with Gasteiger partial charge in [-0.1, -0.05) is 19.4 Å². The number of allylic oxidation sites excluding steroid dienone is 1. The van der Waals surface area contributed by atoms with E-state index in [1.165, 1.54) is 31.3 Å². The lowest BCUT2D eigenvalue weighted by molar-refractivity contribution is -0.173. The fourth-order valence-corrected chi connectivity index (χ4v) is 9.23. The van der Waals surface area contributed by atoms with Crippen molar-refractivity contribution in [3.05, 3.63) is 11.6 Å². The van der Waals surface area contributed by atoms with Crippen molar-refractivity contribution in [2.24, 2.45) is 40.4 Å². The van der Waals surface area contributed by atoms with Gasteiger partial charge >= 0.3 is 5.97 Å².